The van der Waals surface area contributed by atoms with Crippen LogP contribution < -0.4 is 9.46 Å². The summed E-state index contributed by atoms with van der Waals surface area (Å²) in [5, 5.41) is 2.88. The van der Waals surface area contributed by atoms with Crippen molar-refractivity contribution in [2.45, 2.75) is 24.7 Å². The van der Waals surface area contributed by atoms with Crippen LogP contribution in [0, 0.1) is 6.08 Å². The van der Waals surface area contributed by atoms with Crippen molar-refractivity contribution >= 4 is 44.4 Å². The molecule has 34 heavy (non-hydrogen) atoms. The number of alkyl halides is 2. The van der Waals surface area contributed by atoms with E-state index in [0.29, 0.717) is 22.0 Å². The van der Waals surface area contributed by atoms with Gasteiger partial charge in [-0.3, -0.25) is 0 Å². The molecule has 0 saturated heterocycles. The third kappa shape index (κ3) is 4.85. The van der Waals surface area contributed by atoms with Crippen LogP contribution >= 0.6 is 22.3 Å². The van der Waals surface area contributed by atoms with Crippen molar-refractivity contribution in [3.05, 3.63) is 71.4 Å². The van der Waals surface area contributed by atoms with E-state index in [1.54, 1.807) is 18.2 Å². The maximum Gasteiger partial charge on any atom is 0.309 e. The Balaban J connectivity index is 1.78. The Morgan fingerprint density at radius 1 is 1.12 bits per heavy atom. The lowest BCUT2D eigenvalue weighted by molar-refractivity contribution is 0.0189. The number of hydrogen-bond donors (Lipinski definition) is 1. The van der Waals surface area contributed by atoms with Crippen LogP contribution in [0.5, 0.6) is 5.88 Å². The highest BCUT2D eigenvalue weighted by Gasteiger charge is 2.29. The average molecular weight is 505 g/mol. The molecule has 2 aromatic heterocycles. The van der Waals surface area contributed by atoms with Crippen LogP contribution in [0.15, 0.2) is 59.6 Å². The fraction of sp³-hybridized carbons (Fsp3) is 0.167. The second kappa shape index (κ2) is 9.60. The molecule has 2 heterocycles. The third-order valence-electron chi connectivity index (χ3n) is 5.01. The molecule has 0 bridgehead atoms. The van der Waals surface area contributed by atoms with Gasteiger partial charge in [0, 0.05) is 34.5 Å². The number of benzene rings is 2. The van der Waals surface area contributed by atoms with E-state index < -0.39 is 28.2 Å². The van der Waals surface area contributed by atoms with E-state index in [-0.39, 0.29) is 16.8 Å². The first kappa shape index (κ1) is 24.0. The number of aromatic nitrogens is 3. The SMILES string of the molecule is C/C=S(/Nc1ccc(-c2cc(C(C)(F)F)c3nc(F)ncc3c2)c(OC)n1)c1ccccc1Cl. The minimum absolute atomic E-state index is 0.142. The standard InChI is InChI=1S/C24H20ClF3N4OS/c1-4-34(19-8-6-5-7-18(19)25)32-20-10-9-16(22(30-20)33-3)14-11-15-13-29-23(26)31-21(15)17(12-14)24(2,27)28/h4-13H,1-3H3,(H,30,32). The lowest BCUT2D eigenvalue weighted by Gasteiger charge is -2.17. The molecule has 4 aromatic rings. The number of methoxy groups -OCH3 is 1. The molecular weight excluding hydrogens is 485 g/mol. The van der Waals surface area contributed by atoms with Gasteiger partial charge in [-0.25, -0.2) is 18.7 Å². The molecule has 0 saturated carbocycles. The zero-order valence-electron chi connectivity index (χ0n) is 18.4. The van der Waals surface area contributed by atoms with Crippen molar-refractivity contribution in [1.29, 1.82) is 0 Å². The predicted octanol–water partition coefficient (Wildman–Crippen LogP) is 7.08. The van der Waals surface area contributed by atoms with Gasteiger partial charge in [0.1, 0.15) is 5.82 Å². The molecular formula is C24H20ClF3N4OS. The lowest BCUT2D eigenvalue weighted by Crippen LogP contribution is -2.10. The van der Waals surface area contributed by atoms with Gasteiger partial charge in [-0.05, 0) is 54.3 Å². The number of nitrogens with one attached hydrogen (secondary N) is 1. The lowest BCUT2D eigenvalue weighted by atomic mass is 9.98. The molecule has 176 valence electrons. The van der Waals surface area contributed by atoms with E-state index >= 15 is 0 Å². The van der Waals surface area contributed by atoms with Gasteiger partial charge in [0.25, 0.3) is 5.92 Å². The Kier molecular flexibility index (Phi) is 6.77. The van der Waals surface area contributed by atoms with Crippen LogP contribution in [0.1, 0.15) is 19.4 Å². The Morgan fingerprint density at radius 2 is 1.88 bits per heavy atom. The summed E-state index contributed by atoms with van der Waals surface area (Å²) in [7, 11) is 0.917. The van der Waals surface area contributed by atoms with Crippen molar-refractivity contribution in [2.24, 2.45) is 0 Å². The number of halogens is 4. The summed E-state index contributed by atoms with van der Waals surface area (Å²) in [4.78, 5) is 12.5. The molecule has 0 aliphatic carbocycles. The summed E-state index contributed by atoms with van der Waals surface area (Å²) < 4.78 is 51.1. The largest absolute Gasteiger partial charge is 0.480 e. The Labute approximate surface area is 202 Å². The quantitative estimate of drug-likeness (QED) is 0.224. The minimum atomic E-state index is -3.25. The van der Waals surface area contributed by atoms with E-state index in [1.165, 1.54) is 19.4 Å². The van der Waals surface area contributed by atoms with E-state index in [9.17, 15) is 13.2 Å². The summed E-state index contributed by atoms with van der Waals surface area (Å²) >= 11 is 6.34. The molecule has 1 N–H and O–H groups in total. The molecule has 0 amide bonds. The number of fused-ring (bicyclic) bond motifs is 1. The summed E-state index contributed by atoms with van der Waals surface area (Å²) in [5.74, 6) is -2.50. The highest BCUT2D eigenvalue weighted by molar-refractivity contribution is 8.16. The number of anilines is 1. The first-order valence-corrected chi connectivity index (χ1v) is 11.8. The second-order valence-electron chi connectivity index (χ2n) is 7.35. The van der Waals surface area contributed by atoms with Gasteiger partial charge in [-0.1, -0.05) is 34.4 Å². The molecule has 0 fully saturated rings. The van der Waals surface area contributed by atoms with Gasteiger partial charge in [0.05, 0.1) is 17.6 Å². The van der Waals surface area contributed by atoms with Crippen molar-refractivity contribution in [3.8, 4) is 17.0 Å². The summed E-state index contributed by atoms with van der Waals surface area (Å²) in [6.45, 7) is 2.66. The molecule has 0 aliphatic heterocycles. The smallest absolute Gasteiger partial charge is 0.309 e. The van der Waals surface area contributed by atoms with Crippen LogP contribution in [0.4, 0.5) is 19.0 Å². The number of nitrogens with zero attached hydrogens (tertiary/aromatic N) is 3. The third-order valence-corrected chi connectivity index (χ3v) is 7.19. The van der Waals surface area contributed by atoms with Crippen molar-refractivity contribution in [2.75, 3.05) is 11.8 Å². The van der Waals surface area contributed by atoms with E-state index in [2.05, 4.69) is 19.7 Å². The zero-order chi connectivity index (χ0) is 24.5. The maximum absolute atomic E-state index is 14.4. The number of hydrogen-bond acceptors (Lipinski definition) is 5. The number of pyridine rings is 1. The predicted molar refractivity (Wildman–Crippen MR) is 132 cm³/mol. The van der Waals surface area contributed by atoms with E-state index in [0.717, 1.165) is 11.8 Å². The molecule has 10 heteroatoms. The first-order chi connectivity index (χ1) is 16.2. The Morgan fingerprint density at radius 3 is 2.56 bits per heavy atom. The van der Waals surface area contributed by atoms with Gasteiger partial charge in [-0.15, -0.1) is 0 Å². The van der Waals surface area contributed by atoms with Crippen LogP contribution in [0.2, 0.25) is 5.02 Å². The zero-order valence-corrected chi connectivity index (χ0v) is 20.0. The van der Waals surface area contributed by atoms with Crippen molar-refractivity contribution in [1.82, 2.24) is 15.0 Å². The van der Waals surface area contributed by atoms with Crippen molar-refractivity contribution < 1.29 is 17.9 Å². The van der Waals surface area contributed by atoms with Crippen LogP contribution in [-0.4, -0.2) is 27.4 Å². The average Bonchev–Trinajstić information content (AvgIpc) is 2.81. The van der Waals surface area contributed by atoms with Crippen LogP contribution in [0.25, 0.3) is 22.0 Å². The fourth-order valence-corrected chi connectivity index (χ4v) is 5.17. The molecule has 4 rings (SSSR count). The molecule has 0 aliphatic rings. The van der Waals surface area contributed by atoms with E-state index in [4.69, 9.17) is 16.3 Å². The molecule has 5 nitrogen and oxygen atoms in total. The molecule has 1 unspecified atom stereocenters. The van der Waals surface area contributed by atoms with E-state index in [1.807, 2.05) is 36.6 Å². The van der Waals surface area contributed by atoms with Crippen LogP contribution in [-0.2, 0) is 5.92 Å². The van der Waals surface area contributed by atoms with Gasteiger partial charge in [0.2, 0.25) is 5.88 Å². The fourth-order valence-electron chi connectivity index (χ4n) is 3.46. The Hall–Kier alpha value is -3.17. The molecule has 1 atom stereocenters. The van der Waals surface area contributed by atoms with Gasteiger partial charge < -0.3 is 9.46 Å². The molecule has 0 radical (unpaired) electrons. The van der Waals surface area contributed by atoms with Crippen LogP contribution in [0.3, 0.4) is 0 Å². The van der Waals surface area contributed by atoms with Gasteiger partial charge >= 0.3 is 6.08 Å². The second-order valence-corrected chi connectivity index (χ2v) is 9.55. The summed E-state index contributed by atoms with van der Waals surface area (Å²) in [5.41, 5.74) is 0.354. The van der Waals surface area contributed by atoms with Gasteiger partial charge in [-0.2, -0.15) is 9.37 Å². The number of rotatable bonds is 6. The monoisotopic (exact) mass is 504 g/mol. The maximum atomic E-state index is 14.4. The Bertz CT molecular complexity index is 1410. The first-order valence-electron chi connectivity index (χ1n) is 10.1. The summed E-state index contributed by atoms with van der Waals surface area (Å²) in [6.07, 6.45) is 0.112. The molecule has 0 spiro atoms. The topological polar surface area (TPSA) is 59.9 Å². The van der Waals surface area contributed by atoms with Gasteiger partial charge in [0.15, 0.2) is 0 Å². The molecule has 2 aromatic carbocycles. The van der Waals surface area contributed by atoms with Crippen molar-refractivity contribution in [3.63, 3.8) is 0 Å². The highest BCUT2D eigenvalue weighted by Crippen LogP contribution is 2.39. The summed E-state index contributed by atoms with van der Waals surface area (Å²) in [6, 6.07) is 13.8. The highest BCUT2D eigenvalue weighted by atomic mass is 35.5. The minimum Gasteiger partial charge on any atom is -0.480 e. The number of ether oxygens (including phenoxy) is 1. The normalized spacial score (nSPS) is 12.7.